The van der Waals surface area contributed by atoms with E-state index < -0.39 is 0 Å². The van der Waals surface area contributed by atoms with Crippen molar-refractivity contribution >= 4 is 0 Å². The third-order valence-corrected chi connectivity index (χ3v) is 2.25. The first kappa shape index (κ1) is 5.69. The molecule has 2 fully saturated rings. The summed E-state index contributed by atoms with van der Waals surface area (Å²) in [5.41, 5.74) is 0. The standard InChI is InChI=1S/C7H12O2/c1-5-2-6-7(3-5)9-4-8-6/h5-7H,2-4H2,1H3/t5?,6-,7+. The van der Waals surface area contributed by atoms with Crippen LogP contribution in [-0.4, -0.2) is 19.0 Å². The maximum atomic E-state index is 5.33. The third-order valence-electron chi connectivity index (χ3n) is 2.25. The van der Waals surface area contributed by atoms with Crippen molar-refractivity contribution < 1.29 is 9.47 Å². The summed E-state index contributed by atoms with van der Waals surface area (Å²) in [6.07, 6.45) is 3.26. The summed E-state index contributed by atoms with van der Waals surface area (Å²) in [7, 11) is 0. The Bertz CT molecular complexity index is 101. The molecule has 2 nitrogen and oxygen atoms in total. The van der Waals surface area contributed by atoms with Gasteiger partial charge in [-0.1, -0.05) is 6.92 Å². The lowest BCUT2D eigenvalue weighted by molar-refractivity contribution is 0.0237. The van der Waals surface area contributed by atoms with Crippen LogP contribution in [0, 0.1) is 5.92 Å². The third kappa shape index (κ3) is 0.864. The highest BCUT2D eigenvalue weighted by Crippen LogP contribution is 2.33. The van der Waals surface area contributed by atoms with Crippen molar-refractivity contribution in [2.75, 3.05) is 6.79 Å². The molecule has 52 valence electrons. The van der Waals surface area contributed by atoms with Crippen LogP contribution in [0.2, 0.25) is 0 Å². The molecule has 0 aromatic heterocycles. The van der Waals surface area contributed by atoms with E-state index in [9.17, 15) is 0 Å². The van der Waals surface area contributed by atoms with Gasteiger partial charge in [-0.15, -0.1) is 0 Å². The molecule has 2 aliphatic rings. The van der Waals surface area contributed by atoms with Gasteiger partial charge in [0, 0.05) is 0 Å². The van der Waals surface area contributed by atoms with E-state index in [1.807, 2.05) is 0 Å². The molecule has 1 aliphatic carbocycles. The smallest absolute Gasteiger partial charge is 0.147 e. The van der Waals surface area contributed by atoms with Crippen molar-refractivity contribution in [1.82, 2.24) is 0 Å². The average Bonchev–Trinajstić information content (AvgIpc) is 2.22. The molecule has 1 unspecified atom stereocenters. The van der Waals surface area contributed by atoms with Crippen LogP contribution in [0.5, 0.6) is 0 Å². The van der Waals surface area contributed by atoms with E-state index in [-0.39, 0.29) is 0 Å². The van der Waals surface area contributed by atoms with Crippen LogP contribution in [0.4, 0.5) is 0 Å². The molecule has 0 N–H and O–H groups in total. The summed E-state index contributed by atoms with van der Waals surface area (Å²) in [6, 6.07) is 0. The second-order valence-corrected chi connectivity index (χ2v) is 3.10. The molecule has 0 amide bonds. The van der Waals surface area contributed by atoms with Crippen molar-refractivity contribution in [3.63, 3.8) is 0 Å². The topological polar surface area (TPSA) is 18.5 Å². The van der Waals surface area contributed by atoms with Gasteiger partial charge in [0.1, 0.15) is 6.79 Å². The summed E-state index contributed by atoms with van der Waals surface area (Å²) in [5.74, 6) is 0.806. The summed E-state index contributed by atoms with van der Waals surface area (Å²) < 4.78 is 10.7. The first-order valence-corrected chi connectivity index (χ1v) is 3.59. The number of hydrogen-bond acceptors (Lipinski definition) is 2. The van der Waals surface area contributed by atoms with Crippen LogP contribution in [0.25, 0.3) is 0 Å². The Balaban J connectivity index is 2.02. The molecule has 0 spiro atoms. The highest BCUT2D eigenvalue weighted by Gasteiger charge is 2.37. The van der Waals surface area contributed by atoms with Crippen molar-refractivity contribution in [2.45, 2.75) is 32.0 Å². The Hall–Kier alpha value is -0.0800. The minimum atomic E-state index is 0.431. The summed E-state index contributed by atoms with van der Waals surface area (Å²) >= 11 is 0. The van der Waals surface area contributed by atoms with Crippen molar-refractivity contribution in [3.8, 4) is 0 Å². The van der Waals surface area contributed by atoms with Crippen LogP contribution in [0.1, 0.15) is 19.8 Å². The predicted molar refractivity (Wildman–Crippen MR) is 33.0 cm³/mol. The molecule has 1 aliphatic heterocycles. The van der Waals surface area contributed by atoms with Crippen LogP contribution >= 0.6 is 0 Å². The van der Waals surface area contributed by atoms with Crippen LogP contribution in [0.15, 0.2) is 0 Å². The number of hydrogen-bond donors (Lipinski definition) is 0. The fourth-order valence-electron chi connectivity index (χ4n) is 1.76. The van der Waals surface area contributed by atoms with Gasteiger partial charge in [0.2, 0.25) is 0 Å². The van der Waals surface area contributed by atoms with E-state index in [0.29, 0.717) is 19.0 Å². The van der Waals surface area contributed by atoms with Gasteiger partial charge in [0.15, 0.2) is 0 Å². The van der Waals surface area contributed by atoms with Crippen molar-refractivity contribution in [3.05, 3.63) is 0 Å². The Morgan fingerprint density at radius 2 is 1.67 bits per heavy atom. The largest absolute Gasteiger partial charge is 0.349 e. The lowest BCUT2D eigenvalue weighted by Gasteiger charge is -2.01. The fraction of sp³-hybridized carbons (Fsp3) is 1.00. The van der Waals surface area contributed by atoms with Gasteiger partial charge in [-0.05, 0) is 18.8 Å². The van der Waals surface area contributed by atoms with E-state index in [2.05, 4.69) is 6.92 Å². The van der Waals surface area contributed by atoms with Crippen LogP contribution < -0.4 is 0 Å². The zero-order chi connectivity index (χ0) is 6.27. The molecule has 0 aromatic carbocycles. The maximum absolute atomic E-state index is 5.33. The van der Waals surface area contributed by atoms with Gasteiger partial charge in [-0.3, -0.25) is 0 Å². The minimum absolute atomic E-state index is 0.431. The van der Waals surface area contributed by atoms with E-state index in [1.54, 1.807) is 0 Å². The van der Waals surface area contributed by atoms with Crippen LogP contribution in [0.3, 0.4) is 0 Å². The van der Waals surface area contributed by atoms with Gasteiger partial charge >= 0.3 is 0 Å². The predicted octanol–water partition coefficient (Wildman–Crippen LogP) is 1.16. The number of rotatable bonds is 0. The second-order valence-electron chi connectivity index (χ2n) is 3.10. The number of fused-ring (bicyclic) bond motifs is 1. The monoisotopic (exact) mass is 128 g/mol. The lowest BCUT2D eigenvalue weighted by atomic mass is 10.1. The van der Waals surface area contributed by atoms with Crippen molar-refractivity contribution in [2.24, 2.45) is 5.92 Å². The quantitative estimate of drug-likeness (QED) is 0.487. The van der Waals surface area contributed by atoms with Gasteiger partial charge in [-0.2, -0.15) is 0 Å². The SMILES string of the molecule is CC1C[C@@H]2OCO[C@@H]2C1. The van der Waals surface area contributed by atoms with Gasteiger partial charge < -0.3 is 9.47 Å². The molecule has 0 bridgehead atoms. The molecule has 1 heterocycles. The normalized spacial score (nSPS) is 49.7. The second kappa shape index (κ2) is 1.96. The first-order chi connectivity index (χ1) is 4.36. The zero-order valence-corrected chi connectivity index (χ0v) is 5.67. The highest BCUT2D eigenvalue weighted by atomic mass is 16.7. The molecule has 1 saturated heterocycles. The summed E-state index contributed by atoms with van der Waals surface area (Å²) in [5, 5.41) is 0. The summed E-state index contributed by atoms with van der Waals surface area (Å²) in [6.45, 7) is 2.78. The fourth-order valence-corrected chi connectivity index (χ4v) is 1.76. The molecule has 0 radical (unpaired) electrons. The molecular weight excluding hydrogens is 116 g/mol. The van der Waals surface area contributed by atoms with E-state index >= 15 is 0 Å². The Morgan fingerprint density at radius 3 is 2.22 bits per heavy atom. The molecule has 0 aromatic rings. The van der Waals surface area contributed by atoms with Gasteiger partial charge in [0.25, 0.3) is 0 Å². The lowest BCUT2D eigenvalue weighted by Crippen LogP contribution is -2.13. The van der Waals surface area contributed by atoms with Gasteiger partial charge in [0.05, 0.1) is 12.2 Å². The maximum Gasteiger partial charge on any atom is 0.147 e. The van der Waals surface area contributed by atoms with Crippen molar-refractivity contribution in [1.29, 1.82) is 0 Å². The van der Waals surface area contributed by atoms with Gasteiger partial charge in [-0.25, -0.2) is 0 Å². The highest BCUT2D eigenvalue weighted by molar-refractivity contribution is 4.85. The molecule has 2 heteroatoms. The molecule has 3 atom stereocenters. The Labute approximate surface area is 55.1 Å². The molecule has 1 saturated carbocycles. The van der Waals surface area contributed by atoms with E-state index in [0.717, 1.165) is 5.92 Å². The van der Waals surface area contributed by atoms with E-state index in [4.69, 9.17) is 9.47 Å². The molecule has 2 rings (SSSR count). The van der Waals surface area contributed by atoms with E-state index in [1.165, 1.54) is 12.8 Å². The molecule has 9 heavy (non-hydrogen) atoms. The Kier molecular flexibility index (Phi) is 1.24. The average molecular weight is 128 g/mol. The molecular formula is C7H12O2. The summed E-state index contributed by atoms with van der Waals surface area (Å²) in [4.78, 5) is 0. The Morgan fingerprint density at radius 1 is 1.11 bits per heavy atom. The zero-order valence-electron chi connectivity index (χ0n) is 5.67. The minimum Gasteiger partial charge on any atom is -0.349 e. The first-order valence-electron chi connectivity index (χ1n) is 3.59. The van der Waals surface area contributed by atoms with Crippen LogP contribution in [-0.2, 0) is 9.47 Å². The number of ether oxygens (including phenoxy) is 2.